The Morgan fingerprint density at radius 2 is 2.10 bits per heavy atom. The SMILES string of the molecule is FC(F)(F)c1ccc(NCCCn2ccnc2)c(Cl)c1. The minimum atomic E-state index is -4.37. The van der Waals surface area contributed by atoms with Gasteiger partial charge in [-0.3, -0.25) is 0 Å². The molecule has 0 saturated carbocycles. The summed E-state index contributed by atoms with van der Waals surface area (Å²) in [5.41, 5.74) is -0.239. The first-order chi connectivity index (χ1) is 9.47. The summed E-state index contributed by atoms with van der Waals surface area (Å²) in [5, 5.41) is 3.09. The lowest BCUT2D eigenvalue weighted by Crippen LogP contribution is -2.08. The molecule has 2 aromatic rings. The van der Waals surface area contributed by atoms with Crippen molar-refractivity contribution in [3.63, 3.8) is 0 Å². The number of hydrogen-bond acceptors (Lipinski definition) is 2. The molecule has 108 valence electrons. The normalized spacial score (nSPS) is 11.6. The Labute approximate surface area is 119 Å². The van der Waals surface area contributed by atoms with Gasteiger partial charge in [0, 0.05) is 25.5 Å². The number of hydrogen-bond donors (Lipinski definition) is 1. The van der Waals surface area contributed by atoms with Crippen LogP contribution in [0.3, 0.4) is 0 Å². The molecule has 1 N–H and O–H groups in total. The van der Waals surface area contributed by atoms with E-state index in [1.54, 1.807) is 12.5 Å². The summed E-state index contributed by atoms with van der Waals surface area (Å²) in [6.07, 6.45) is 1.70. The molecule has 0 unspecified atom stereocenters. The molecule has 0 spiro atoms. The number of alkyl halides is 3. The van der Waals surface area contributed by atoms with Crippen LogP contribution < -0.4 is 5.32 Å². The van der Waals surface area contributed by atoms with Crippen molar-refractivity contribution in [2.45, 2.75) is 19.1 Å². The van der Waals surface area contributed by atoms with Crippen LogP contribution >= 0.6 is 11.6 Å². The molecule has 0 radical (unpaired) electrons. The summed E-state index contributed by atoms with van der Waals surface area (Å²) in [6, 6.07) is 3.30. The number of aromatic nitrogens is 2. The van der Waals surface area contributed by atoms with Crippen molar-refractivity contribution in [2.75, 3.05) is 11.9 Å². The fraction of sp³-hybridized carbons (Fsp3) is 0.308. The van der Waals surface area contributed by atoms with Gasteiger partial charge in [0.2, 0.25) is 0 Å². The molecule has 20 heavy (non-hydrogen) atoms. The van der Waals surface area contributed by atoms with E-state index >= 15 is 0 Å². The van der Waals surface area contributed by atoms with E-state index in [0.29, 0.717) is 12.2 Å². The number of halogens is 4. The van der Waals surface area contributed by atoms with Crippen molar-refractivity contribution < 1.29 is 13.2 Å². The molecule has 0 aliphatic rings. The minimum absolute atomic E-state index is 0.0717. The van der Waals surface area contributed by atoms with Crippen molar-refractivity contribution >= 4 is 17.3 Å². The molecule has 0 saturated heterocycles. The van der Waals surface area contributed by atoms with Gasteiger partial charge in [-0.2, -0.15) is 13.2 Å². The summed E-state index contributed by atoms with van der Waals surface area (Å²) >= 11 is 5.84. The second-order valence-electron chi connectivity index (χ2n) is 4.27. The number of nitrogens with one attached hydrogen (secondary N) is 1. The highest BCUT2D eigenvalue weighted by Gasteiger charge is 2.30. The Balaban J connectivity index is 1.87. The average molecular weight is 304 g/mol. The van der Waals surface area contributed by atoms with E-state index in [4.69, 9.17) is 11.6 Å². The topological polar surface area (TPSA) is 29.9 Å². The molecule has 1 aromatic heterocycles. The van der Waals surface area contributed by atoms with Gasteiger partial charge in [0.05, 0.1) is 22.6 Å². The van der Waals surface area contributed by atoms with Crippen LogP contribution in [0.5, 0.6) is 0 Å². The first-order valence-electron chi connectivity index (χ1n) is 6.03. The van der Waals surface area contributed by atoms with Crippen LogP contribution in [0.2, 0.25) is 5.02 Å². The Hall–Kier alpha value is -1.69. The van der Waals surface area contributed by atoms with Crippen LogP contribution in [0.4, 0.5) is 18.9 Å². The molecule has 1 aromatic carbocycles. The lowest BCUT2D eigenvalue weighted by Gasteiger charge is -2.11. The smallest absolute Gasteiger partial charge is 0.384 e. The van der Waals surface area contributed by atoms with Crippen molar-refractivity contribution in [3.8, 4) is 0 Å². The highest BCUT2D eigenvalue weighted by Crippen LogP contribution is 2.33. The number of anilines is 1. The maximum absolute atomic E-state index is 12.5. The zero-order valence-corrected chi connectivity index (χ0v) is 11.2. The maximum atomic E-state index is 12.5. The second kappa shape index (κ2) is 6.17. The zero-order valence-electron chi connectivity index (χ0n) is 10.5. The summed E-state index contributed by atoms with van der Waals surface area (Å²) in [7, 11) is 0. The van der Waals surface area contributed by atoms with Crippen LogP contribution in [0, 0.1) is 0 Å². The van der Waals surface area contributed by atoms with Gasteiger partial charge in [0.25, 0.3) is 0 Å². The van der Waals surface area contributed by atoms with E-state index in [2.05, 4.69) is 10.3 Å². The maximum Gasteiger partial charge on any atom is 0.416 e. The third-order valence-corrected chi connectivity index (χ3v) is 3.08. The molecule has 0 atom stereocenters. The van der Waals surface area contributed by atoms with E-state index in [-0.39, 0.29) is 5.02 Å². The van der Waals surface area contributed by atoms with E-state index < -0.39 is 11.7 Å². The van der Waals surface area contributed by atoms with Crippen molar-refractivity contribution in [2.24, 2.45) is 0 Å². The highest BCUT2D eigenvalue weighted by atomic mass is 35.5. The van der Waals surface area contributed by atoms with Gasteiger partial charge in [0.1, 0.15) is 0 Å². The monoisotopic (exact) mass is 303 g/mol. The predicted octanol–water partition coefficient (Wildman–Crippen LogP) is 4.06. The molecule has 0 aliphatic heterocycles. The van der Waals surface area contributed by atoms with E-state index in [1.165, 1.54) is 6.07 Å². The fourth-order valence-corrected chi connectivity index (χ4v) is 1.99. The van der Waals surface area contributed by atoms with Gasteiger partial charge in [-0.05, 0) is 24.6 Å². The first-order valence-corrected chi connectivity index (χ1v) is 6.41. The van der Waals surface area contributed by atoms with Gasteiger partial charge >= 0.3 is 6.18 Å². The van der Waals surface area contributed by atoms with Gasteiger partial charge in [-0.1, -0.05) is 11.6 Å². The molecule has 1 heterocycles. The molecule has 0 fully saturated rings. The third-order valence-electron chi connectivity index (χ3n) is 2.76. The number of rotatable bonds is 5. The van der Waals surface area contributed by atoms with Gasteiger partial charge < -0.3 is 9.88 Å². The zero-order chi connectivity index (χ0) is 14.6. The van der Waals surface area contributed by atoms with Crippen molar-refractivity contribution in [1.82, 2.24) is 9.55 Å². The molecule has 0 aliphatic carbocycles. The minimum Gasteiger partial charge on any atom is -0.384 e. The Kier molecular flexibility index (Phi) is 4.54. The molecular formula is C13H13ClF3N3. The van der Waals surface area contributed by atoms with Crippen molar-refractivity contribution in [1.29, 1.82) is 0 Å². The highest BCUT2D eigenvalue weighted by molar-refractivity contribution is 6.33. The number of aryl methyl sites for hydroxylation is 1. The number of nitrogens with zero attached hydrogens (tertiary/aromatic N) is 2. The molecule has 3 nitrogen and oxygen atoms in total. The molecule has 0 bridgehead atoms. The molecule has 7 heteroatoms. The average Bonchev–Trinajstić information content (AvgIpc) is 2.88. The van der Waals surface area contributed by atoms with E-state index in [1.807, 2.05) is 10.8 Å². The summed E-state index contributed by atoms with van der Waals surface area (Å²) in [6.45, 7) is 1.40. The molecule has 2 rings (SSSR count). The summed E-state index contributed by atoms with van der Waals surface area (Å²) in [4.78, 5) is 3.92. The Morgan fingerprint density at radius 3 is 2.70 bits per heavy atom. The summed E-state index contributed by atoms with van der Waals surface area (Å²) in [5.74, 6) is 0. The van der Waals surface area contributed by atoms with E-state index in [9.17, 15) is 13.2 Å². The third kappa shape index (κ3) is 3.90. The molecule has 0 amide bonds. The van der Waals surface area contributed by atoms with Crippen LogP contribution in [0.25, 0.3) is 0 Å². The van der Waals surface area contributed by atoms with Gasteiger partial charge in [-0.25, -0.2) is 4.98 Å². The quantitative estimate of drug-likeness (QED) is 0.844. The standard InChI is InChI=1S/C13H13ClF3N3/c14-11-8-10(13(15,16)17)2-3-12(11)19-4-1-6-20-7-5-18-9-20/h2-3,5,7-9,19H,1,4,6H2. The van der Waals surface area contributed by atoms with Gasteiger partial charge in [-0.15, -0.1) is 0 Å². The van der Waals surface area contributed by atoms with Crippen LogP contribution in [-0.2, 0) is 12.7 Å². The number of benzene rings is 1. The van der Waals surface area contributed by atoms with Crippen LogP contribution in [0.15, 0.2) is 36.9 Å². The fourth-order valence-electron chi connectivity index (χ4n) is 1.74. The van der Waals surface area contributed by atoms with Crippen molar-refractivity contribution in [3.05, 3.63) is 47.5 Å². The van der Waals surface area contributed by atoms with Gasteiger partial charge in [0.15, 0.2) is 0 Å². The van der Waals surface area contributed by atoms with Crippen LogP contribution in [-0.4, -0.2) is 16.1 Å². The largest absolute Gasteiger partial charge is 0.416 e. The predicted molar refractivity (Wildman–Crippen MR) is 71.8 cm³/mol. The molecular weight excluding hydrogens is 291 g/mol. The summed E-state index contributed by atoms with van der Waals surface area (Å²) < 4.78 is 39.4. The lowest BCUT2D eigenvalue weighted by atomic mass is 10.2. The Bertz CT molecular complexity index is 552. The second-order valence-corrected chi connectivity index (χ2v) is 4.68. The van der Waals surface area contributed by atoms with E-state index in [0.717, 1.165) is 25.1 Å². The Morgan fingerprint density at radius 1 is 1.30 bits per heavy atom. The number of imidazole rings is 1. The first kappa shape index (κ1) is 14.7. The lowest BCUT2D eigenvalue weighted by molar-refractivity contribution is -0.137. The van der Waals surface area contributed by atoms with Crippen LogP contribution in [0.1, 0.15) is 12.0 Å².